The number of ketones is 1. The molecule has 0 bridgehead atoms. The third kappa shape index (κ3) is 2.40. The summed E-state index contributed by atoms with van der Waals surface area (Å²) in [6, 6.07) is 0. The number of hydrogen-bond acceptors (Lipinski definition) is 5. The van der Waals surface area contributed by atoms with Gasteiger partial charge in [0.2, 0.25) is 0 Å². The molecule has 2 saturated heterocycles. The molecule has 5 aliphatic carbocycles. The Hall–Kier alpha value is -0.490. The maximum atomic E-state index is 14.0. The molecule has 5 heteroatoms. The average molecular weight is 431 g/mol. The van der Waals surface area contributed by atoms with Crippen LogP contribution in [0.4, 0.5) is 0 Å². The lowest BCUT2D eigenvalue weighted by Gasteiger charge is -2.59. The Morgan fingerprint density at radius 3 is 2.23 bits per heavy atom. The van der Waals surface area contributed by atoms with E-state index in [9.17, 15) is 4.79 Å². The molecule has 0 radical (unpaired) electrons. The predicted octanol–water partition coefficient (Wildman–Crippen LogP) is 4.47. The highest BCUT2D eigenvalue weighted by Crippen LogP contribution is 2.84. The molecule has 2 heterocycles. The van der Waals surface area contributed by atoms with Crippen molar-refractivity contribution in [3.8, 4) is 0 Å². The van der Waals surface area contributed by atoms with Crippen LogP contribution < -0.4 is 0 Å². The first-order valence-electron chi connectivity index (χ1n) is 12.9. The van der Waals surface area contributed by atoms with Crippen LogP contribution in [0.25, 0.3) is 0 Å². The fourth-order valence-corrected chi connectivity index (χ4v) is 10.1. The quantitative estimate of drug-likeness (QED) is 0.614. The zero-order chi connectivity index (χ0) is 21.1. The minimum atomic E-state index is -0.441. The van der Waals surface area contributed by atoms with E-state index in [0.29, 0.717) is 42.7 Å². The van der Waals surface area contributed by atoms with Crippen molar-refractivity contribution in [1.29, 1.82) is 0 Å². The molecular formula is C26H38O5. The maximum Gasteiger partial charge on any atom is 0.168 e. The monoisotopic (exact) mass is 430 g/mol. The van der Waals surface area contributed by atoms with E-state index >= 15 is 0 Å². The number of hydrogen-bond donors (Lipinski definition) is 0. The van der Waals surface area contributed by atoms with Crippen LogP contribution >= 0.6 is 0 Å². The number of Topliss-reactive ketones (excluding diaryl/α,β-unsaturated/α-hetero) is 1. The molecule has 7 fully saturated rings. The minimum absolute atomic E-state index is 0.0165. The number of carbonyl (C=O) groups excluding carboxylic acids is 1. The lowest BCUT2D eigenvalue weighted by molar-refractivity contribution is -0.220. The zero-order valence-electron chi connectivity index (χ0n) is 19.3. The standard InChI is InChI=1S/C26H38O5/c1-22-13-17(23(2)28-9-10-29-23)3-5-19(22)20-6-4-18-14-25(30-11-12-31-25)8-7-24(18)16-26(20,24)21(27)15-22/h17-20H,3-16H2,1-2H3/t17-,18+,19-,20+,22+,24+,26-/m1/s1. The molecule has 7 aliphatic rings. The Morgan fingerprint density at radius 1 is 0.774 bits per heavy atom. The third-order valence-corrected chi connectivity index (χ3v) is 11.5. The molecule has 3 spiro atoms. The van der Waals surface area contributed by atoms with Gasteiger partial charge in [-0.3, -0.25) is 4.79 Å². The molecule has 7 rings (SSSR count). The number of fused-ring (bicyclic) bond motifs is 2. The van der Waals surface area contributed by atoms with Gasteiger partial charge in [-0.2, -0.15) is 0 Å². The smallest absolute Gasteiger partial charge is 0.168 e. The molecule has 0 N–H and O–H groups in total. The highest BCUT2D eigenvalue weighted by molar-refractivity contribution is 5.91. The highest BCUT2D eigenvalue weighted by Gasteiger charge is 2.82. The molecule has 2 aliphatic heterocycles. The van der Waals surface area contributed by atoms with E-state index in [-0.39, 0.29) is 22.0 Å². The van der Waals surface area contributed by atoms with Crippen LogP contribution in [-0.2, 0) is 23.7 Å². The van der Waals surface area contributed by atoms with Crippen molar-refractivity contribution in [1.82, 2.24) is 0 Å². The van der Waals surface area contributed by atoms with Gasteiger partial charge in [0.05, 0.1) is 26.4 Å². The van der Waals surface area contributed by atoms with Crippen molar-refractivity contribution >= 4 is 5.78 Å². The van der Waals surface area contributed by atoms with Crippen molar-refractivity contribution in [3.63, 3.8) is 0 Å². The van der Waals surface area contributed by atoms with Gasteiger partial charge in [0.25, 0.3) is 0 Å². The Balaban J connectivity index is 1.16. The molecule has 5 saturated carbocycles. The van der Waals surface area contributed by atoms with E-state index in [1.54, 1.807) is 0 Å². The Morgan fingerprint density at radius 2 is 1.45 bits per heavy atom. The van der Waals surface area contributed by atoms with Crippen LogP contribution in [0, 0.1) is 39.9 Å². The van der Waals surface area contributed by atoms with Crippen molar-refractivity contribution in [3.05, 3.63) is 0 Å². The van der Waals surface area contributed by atoms with Crippen molar-refractivity contribution in [2.24, 2.45) is 39.9 Å². The highest BCUT2D eigenvalue weighted by atomic mass is 16.7. The van der Waals surface area contributed by atoms with E-state index < -0.39 is 5.79 Å². The summed E-state index contributed by atoms with van der Waals surface area (Å²) >= 11 is 0. The van der Waals surface area contributed by atoms with Crippen LogP contribution in [0.5, 0.6) is 0 Å². The molecular weight excluding hydrogens is 392 g/mol. The van der Waals surface area contributed by atoms with Gasteiger partial charge in [-0.15, -0.1) is 0 Å². The second kappa shape index (κ2) is 6.14. The van der Waals surface area contributed by atoms with Crippen LogP contribution in [0.2, 0.25) is 0 Å². The fraction of sp³-hybridized carbons (Fsp3) is 0.962. The zero-order valence-corrected chi connectivity index (χ0v) is 19.3. The molecule has 0 aromatic carbocycles. The van der Waals surface area contributed by atoms with E-state index in [1.165, 1.54) is 25.7 Å². The molecule has 7 atom stereocenters. The van der Waals surface area contributed by atoms with Gasteiger partial charge in [0, 0.05) is 30.6 Å². The summed E-state index contributed by atoms with van der Waals surface area (Å²) in [5.41, 5.74) is 0.352. The Kier molecular flexibility index (Phi) is 3.95. The second-order valence-electron chi connectivity index (χ2n) is 12.5. The Labute approximate surface area is 185 Å². The SMILES string of the molecule is CC1([C@@H]2CC[C@@H]3[C@@H]4CC[C@H]5CC6(CC[C@]57C[C@]47C(=O)C[C@]3(C)C2)OCCO6)OCCO1. The molecule has 0 unspecified atom stereocenters. The lowest BCUT2D eigenvalue weighted by Crippen LogP contribution is -2.57. The molecule has 0 aromatic rings. The summed E-state index contributed by atoms with van der Waals surface area (Å²) in [4.78, 5) is 14.0. The topological polar surface area (TPSA) is 54.0 Å². The van der Waals surface area contributed by atoms with E-state index in [4.69, 9.17) is 18.9 Å². The third-order valence-electron chi connectivity index (χ3n) is 11.5. The molecule has 172 valence electrons. The largest absolute Gasteiger partial charge is 0.348 e. The van der Waals surface area contributed by atoms with Gasteiger partial charge in [-0.1, -0.05) is 6.92 Å². The minimum Gasteiger partial charge on any atom is -0.348 e. The van der Waals surface area contributed by atoms with Crippen LogP contribution in [0.3, 0.4) is 0 Å². The number of carbonyl (C=O) groups is 1. The van der Waals surface area contributed by atoms with Crippen LogP contribution in [-0.4, -0.2) is 43.8 Å². The van der Waals surface area contributed by atoms with E-state index in [1.807, 2.05) is 0 Å². The number of rotatable bonds is 1. The summed E-state index contributed by atoms with van der Waals surface area (Å²) in [6.07, 6.45) is 11.0. The summed E-state index contributed by atoms with van der Waals surface area (Å²) < 4.78 is 24.3. The van der Waals surface area contributed by atoms with E-state index in [2.05, 4.69) is 13.8 Å². The first kappa shape index (κ1) is 19.9. The van der Waals surface area contributed by atoms with Crippen molar-refractivity contribution in [2.45, 2.75) is 89.6 Å². The molecule has 0 aromatic heterocycles. The summed E-state index contributed by atoms with van der Waals surface area (Å²) in [5, 5.41) is 0. The van der Waals surface area contributed by atoms with Crippen molar-refractivity contribution < 1.29 is 23.7 Å². The normalized spacial score (nSPS) is 54.1. The van der Waals surface area contributed by atoms with Gasteiger partial charge in [0.1, 0.15) is 5.78 Å². The molecule has 5 nitrogen and oxygen atoms in total. The summed E-state index contributed by atoms with van der Waals surface area (Å²) in [5.74, 6) is 2.13. The van der Waals surface area contributed by atoms with Gasteiger partial charge in [-0.25, -0.2) is 0 Å². The lowest BCUT2D eigenvalue weighted by atomic mass is 9.45. The average Bonchev–Trinajstić information content (AvgIpc) is 2.99. The Bertz CT molecular complexity index is 798. The summed E-state index contributed by atoms with van der Waals surface area (Å²) in [7, 11) is 0. The second-order valence-corrected chi connectivity index (χ2v) is 12.5. The van der Waals surface area contributed by atoms with Gasteiger partial charge in [-0.05, 0) is 80.5 Å². The first-order chi connectivity index (χ1) is 14.9. The first-order valence-corrected chi connectivity index (χ1v) is 12.9. The van der Waals surface area contributed by atoms with Crippen LogP contribution in [0.1, 0.15) is 78.1 Å². The maximum absolute atomic E-state index is 14.0. The predicted molar refractivity (Wildman–Crippen MR) is 113 cm³/mol. The molecule has 31 heavy (non-hydrogen) atoms. The molecule has 0 amide bonds. The van der Waals surface area contributed by atoms with Crippen molar-refractivity contribution in [2.75, 3.05) is 26.4 Å². The summed E-state index contributed by atoms with van der Waals surface area (Å²) in [6.45, 7) is 7.44. The van der Waals surface area contributed by atoms with E-state index in [0.717, 1.165) is 51.7 Å². The van der Waals surface area contributed by atoms with Gasteiger partial charge >= 0.3 is 0 Å². The van der Waals surface area contributed by atoms with Gasteiger partial charge in [0.15, 0.2) is 11.6 Å². The van der Waals surface area contributed by atoms with Gasteiger partial charge < -0.3 is 18.9 Å². The van der Waals surface area contributed by atoms with Crippen LogP contribution in [0.15, 0.2) is 0 Å². The number of ether oxygens (including phenoxy) is 4. The fourth-order valence-electron chi connectivity index (χ4n) is 10.1.